The average Bonchev–Trinajstić information content (AvgIpc) is 2.63. The molecule has 1 aromatic carbocycles. The summed E-state index contributed by atoms with van der Waals surface area (Å²) < 4.78 is 4.89. The molecule has 0 bridgehead atoms. The molecule has 0 radical (unpaired) electrons. The highest BCUT2D eigenvalue weighted by molar-refractivity contribution is 7.98. The molecular formula is C16H20ClN3O5S. The number of imide groups is 1. The lowest BCUT2D eigenvalue weighted by atomic mass is 10.1. The van der Waals surface area contributed by atoms with Crippen LogP contribution >= 0.6 is 23.4 Å². The summed E-state index contributed by atoms with van der Waals surface area (Å²) in [6.07, 6.45) is 2.17. The van der Waals surface area contributed by atoms with Gasteiger partial charge in [0.25, 0.3) is 11.8 Å². The number of carbonyl (C=O) groups excluding carboxylic acids is 4. The largest absolute Gasteiger partial charge is 0.454 e. The second-order valence-electron chi connectivity index (χ2n) is 5.02. The first-order valence-corrected chi connectivity index (χ1v) is 9.38. The fourth-order valence-corrected chi connectivity index (χ4v) is 2.52. The van der Waals surface area contributed by atoms with Crippen molar-refractivity contribution in [3.63, 3.8) is 0 Å². The van der Waals surface area contributed by atoms with Crippen LogP contribution in [0, 0.1) is 0 Å². The molecule has 0 aliphatic carbocycles. The molecule has 0 unspecified atom stereocenters. The number of nitrogens with one attached hydrogen (secondary N) is 3. The maximum atomic E-state index is 12.3. The number of ether oxygens (including phenoxy) is 1. The molecule has 0 aliphatic heterocycles. The molecule has 0 saturated carbocycles. The molecule has 0 aromatic heterocycles. The zero-order chi connectivity index (χ0) is 19.5. The summed E-state index contributed by atoms with van der Waals surface area (Å²) in [6.45, 7) is -0.635. The molecule has 0 fully saturated rings. The van der Waals surface area contributed by atoms with Crippen LogP contribution in [0.1, 0.15) is 16.8 Å². The Kier molecular flexibility index (Phi) is 9.53. The highest BCUT2D eigenvalue weighted by Gasteiger charge is 2.24. The van der Waals surface area contributed by atoms with Gasteiger partial charge in [0.05, 0.1) is 10.6 Å². The van der Waals surface area contributed by atoms with Crippen LogP contribution in [-0.2, 0) is 14.3 Å². The van der Waals surface area contributed by atoms with E-state index in [2.05, 4.69) is 10.6 Å². The summed E-state index contributed by atoms with van der Waals surface area (Å²) in [7, 11) is 1.34. The number of amides is 4. The minimum Gasteiger partial charge on any atom is -0.454 e. The number of rotatable bonds is 8. The number of benzene rings is 1. The zero-order valence-electron chi connectivity index (χ0n) is 14.3. The normalized spacial score (nSPS) is 11.2. The summed E-state index contributed by atoms with van der Waals surface area (Å²) in [5.74, 6) is -1.48. The van der Waals surface area contributed by atoms with Gasteiger partial charge in [0.2, 0.25) is 0 Å². The van der Waals surface area contributed by atoms with Crippen molar-refractivity contribution >= 4 is 47.2 Å². The molecule has 0 spiro atoms. The van der Waals surface area contributed by atoms with Gasteiger partial charge in [0.1, 0.15) is 6.04 Å². The maximum absolute atomic E-state index is 12.3. The summed E-state index contributed by atoms with van der Waals surface area (Å²) >= 11 is 7.47. The van der Waals surface area contributed by atoms with Crippen molar-refractivity contribution < 1.29 is 23.9 Å². The number of halogens is 1. The lowest BCUT2D eigenvalue weighted by Gasteiger charge is -2.17. The topological polar surface area (TPSA) is 114 Å². The highest BCUT2D eigenvalue weighted by Crippen LogP contribution is 2.15. The van der Waals surface area contributed by atoms with Gasteiger partial charge in [-0.2, -0.15) is 11.8 Å². The molecule has 10 heteroatoms. The molecular weight excluding hydrogens is 382 g/mol. The molecule has 1 rings (SSSR count). The smallest absolute Gasteiger partial charge is 0.329 e. The first-order chi connectivity index (χ1) is 12.4. The Hall–Kier alpha value is -2.26. The number of carbonyl (C=O) groups is 4. The minimum atomic E-state index is -0.945. The van der Waals surface area contributed by atoms with Crippen LogP contribution in [0.4, 0.5) is 4.79 Å². The number of esters is 1. The summed E-state index contributed by atoms with van der Waals surface area (Å²) in [6, 6.07) is 4.78. The van der Waals surface area contributed by atoms with E-state index in [1.54, 1.807) is 18.2 Å². The van der Waals surface area contributed by atoms with E-state index >= 15 is 0 Å². The molecule has 0 saturated heterocycles. The monoisotopic (exact) mass is 401 g/mol. The standard InChI is InChI=1S/C16H20ClN3O5S/c1-18-16(24)20-13(21)9-25-15(23)12(7-8-26-2)19-14(22)10-5-3-4-6-11(10)17/h3-6,12H,7-9H2,1-2H3,(H,19,22)(H2,18,20,21,24)/t12-/m0/s1. The van der Waals surface area contributed by atoms with Crippen molar-refractivity contribution in [2.45, 2.75) is 12.5 Å². The van der Waals surface area contributed by atoms with E-state index in [-0.39, 0.29) is 10.6 Å². The van der Waals surface area contributed by atoms with Gasteiger partial charge < -0.3 is 15.4 Å². The van der Waals surface area contributed by atoms with Gasteiger partial charge in [0, 0.05) is 7.05 Å². The van der Waals surface area contributed by atoms with Crippen LogP contribution in [-0.4, -0.2) is 55.5 Å². The van der Waals surface area contributed by atoms with E-state index < -0.39 is 36.5 Å². The van der Waals surface area contributed by atoms with Crippen LogP contribution in [0.5, 0.6) is 0 Å². The number of hydrogen-bond acceptors (Lipinski definition) is 6. The van der Waals surface area contributed by atoms with Crippen LogP contribution in [0.25, 0.3) is 0 Å². The van der Waals surface area contributed by atoms with Gasteiger partial charge in [-0.25, -0.2) is 9.59 Å². The molecule has 0 heterocycles. The molecule has 8 nitrogen and oxygen atoms in total. The van der Waals surface area contributed by atoms with E-state index in [0.717, 1.165) is 0 Å². The molecule has 0 aliphatic rings. The van der Waals surface area contributed by atoms with Crippen LogP contribution in [0.3, 0.4) is 0 Å². The van der Waals surface area contributed by atoms with Gasteiger partial charge in [-0.3, -0.25) is 14.9 Å². The van der Waals surface area contributed by atoms with Gasteiger partial charge in [-0.1, -0.05) is 23.7 Å². The van der Waals surface area contributed by atoms with Gasteiger partial charge in [-0.05, 0) is 30.6 Å². The van der Waals surface area contributed by atoms with Gasteiger partial charge in [0.15, 0.2) is 6.61 Å². The van der Waals surface area contributed by atoms with Crippen molar-refractivity contribution in [1.29, 1.82) is 0 Å². The third-order valence-corrected chi connectivity index (χ3v) is 4.12. The van der Waals surface area contributed by atoms with Gasteiger partial charge >= 0.3 is 12.0 Å². The Labute approximate surface area is 160 Å². The van der Waals surface area contributed by atoms with Crippen molar-refractivity contribution in [1.82, 2.24) is 16.0 Å². The Morgan fingerprint density at radius 2 is 1.92 bits per heavy atom. The van der Waals surface area contributed by atoms with E-state index in [4.69, 9.17) is 16.3 Å². The summed E-state index contributed by atoms with van der Waals surface area (Å²) in [4.78, 5) is 47.0. The van der Waals surface area contributed by atoms with Crippen molar-refractivity contribution in [3.8, 4) is 0 Å². The fraction of sp³-hybridized carbons (Fsp3) is 0.375. The first kappa shape index (κ1) is 21.8. The van der Waals surface area contributed by atoms with Crippen LogP contribution in [0.2, 0.25) is 5.02 Å². The first-order valence-electron chi connectivity index (χ1n) is 7.61. The van der Waals surface area contributed by atoms with Crippen molar-refractivity contribution in [2.75, 3.05) is 25.7 Å². The average molecular weight is 402 g/mol. The van der Waals surface area contributed by atoms with E-state index in [1.165, 1.54) is 24.9 Å². The lowest BCUT2D eigenvalue weighted by Crippen LogP contribution is -2.44. The number of hydrogen-bond donors (Lipinski definition) is 3. The molecule has 4 amide bonds. The Bertz CT molecular complexity index is 671. The molecule has 1 atom stereocenters. The predicted molar refractivity (Wildman–Crippen MR) is 99.3 cm³/mol. The zero-order valence-corrected chi connectivity index (χ0v) is 15.9. The number of thioether (sulfide) groups is 1. The summed E-state index contributed by atoms with van der Waals surface area (Å²) in [5.41, 5.74) is 0.230. The predicted octanol–water partition coefficient (Wildman–Crippen LogP) is 1.19. The molecule has 142 valence electrons. The maximum Gasteiger partial charge on any atom is 0.329 e. The second kappa shape index (κ2) is 11.4. The summed E-state index contributed by atoms with van der Waals surface area (Å²) in [5, 5.41) is 6.98. The fourth-order valence-electron chi connectivity index (χ4n) is 1.83. The Morgan fingerprint density at radius 1 is 1.23 bits per heavy atom. The Morgan fingerprint density at radius 3 is 2.54 bits per heavy atom. The quantitative estimate of drug-likeness (QED) is 0.564. The van der Waals surface area contributed by atoms with E-state index in [9.17, 15) is 19.2 Å². The van der Waals surface area contributed by atoms with Crippen LogP contribution < -0.4 is 16.0 Å². The number of urea groups is 1. The molecule has 1 aromatic rings. The Balaban J connectivity index is 2.68. The van der Waals surface area contributed by atoms with Crippen LogP contribution in [0.15, 0.2) is 24.3 Å². The van der Waals surface area contributed by atoms with Crippen molar-refractivity contribution in [2.24, 2.45) is 0 Å². The third kappa shape index (κ3) is 7.32. The SMILES string of the molecule is CNC(=O)NC(=O)COC(=O)[C@H](CCSC)NC(=O)c1ccccc1Cl. The second-order valence-corrected chi connectivity index (χ2v) is 6.42. The van der Waals surface area contributed by atoms with E-state index in [0.29, 0.717) is 12.2 Å². The third-order valence-electron chi connectivity index (χ3n) is 3.14. The van der Waals surface area contributed by atoms with Crippen molar-refractivity contribution in [3.05, 3.63) is 34.9 Å². The van der Waals surface area contributed by atoms with Gasteiger partial charge in [-0.15, -0.1) is 0 Å². The molecule has 3 N–H and O–H groups in total. The molecule has 26 heavy (non-hydrogen) atoms. The van der Waals surface area contributed by atoms with E-state index in [1.807, 2.05) is 11.6 Å². The highest BCUT2D eigenvalue weighted by atomic mass is 35.5. The lowest BCUT2D eigenvalue weighted by molar-refractivity contribution is -0.150. The minimum absolute atomic E-state index is 0.230.